The minimum Gasteiger partial charge on any atom is -0.484 e. The molecule has 10 heteroatoms. The van der Waals surface area contributed by atoms with Crippen molar-refractivity contribution in [2.24, 2.45) is 0 Å². The maximum absolute atomic E-state index is 13.5. The summed E-state index contributed by atoms with van der Waals surface area (Å²) in [5, 5.41) is 6.82. The van der Waals surface area contributed by atoms with Crippen LogP contribution in [0, 0.1) is 17.5 Å². The zero-order valence-electron chi connectivity index (χ0n) is 14.6. The first kappa shape index (κ1) is 20.7. The van der Waals surface area contributed by atoms with E-state index in [1.54, 1.807) is 12.1 Å². The lowest BCUT2D eigenvalue weighted by Gasteiger charge is -2.10. The number of nitrogens with one attached hydrogen (secondary N) is 3. The Kier molecular flexibility index (Phi) is 6.96. The molecule has 0 fully saturated rings. The zero-order valence-corrected chi connectivity index (χ0v) is 14.6. The summed E-state index contributed by atoms with van der Waals surface area (Å²) in [7, 11) is 0. The highest BCUT2D eigenvalue weighted by Gasteiger charge is 2.15. The Morgan fingerprint density at radius 3 is 2.21 bits per heavy atom. The van der Waals surface area contributed by atoms with Gasteiger partial charge in [-0.1, -0.05) is 0 Å². The standard InChI is InChI=1S/C18H16F3N3O4/c1-10(25)23-11-2-4-12(5-3-11)28-9-16(27)22-8-15(26)24-14-7-6-13(19)17(20)18(14)21/h2-7H,8-9H2,1H3,(H,22,27)(H,23,25)(H,24,26). The summed E-state index contributed by atoms with van der Waals surface area (Å²) in [6.45, 7) is 0.445. The van der Waals surface area contributed by atoms with Gasteiger partial charge >= 0.3 is 0 Å². The Hall–Kier alpha value is -3.56. The minimum absolute atomic E-state index is 0.227. The topological polar surface area (TPSA) is 96.5 Å². The number of ether oxygens (including phenoxy) is 1. The van der Waals surface area contributed by atoms with Crippen LogP contribution in [0.3, 0.4) is 0 Å². The fourth-order valence-corrected chi connectivity index (χ4v) is 2.03. The van der Waals surface area contributed by atoms with E-state index >= 15 is 0 Å². The van der Waals surface area contributed by atoms with Crippen molar-refractivity contribution in [1.29, 1.82) is 0 Å². The number of hydrogen-bond donors (Lipinski definition) is 3. The summed E-state index contributed by atoms with van der Waals surface area (Å²) in [5.41, 5.74) is 0.0130. The van der Waals surface area contributed by atoms with E-state index in [1.165, 1.54) is 19.1 Å². The van der Waals surface area contributed by atoms with Gasteiger partial charge < -0.3 is 20.7 Å². The monoisotopic (exact) mass is 395 g/mol. The van der Waals surface area contributed by atoms with Gasteiger partial charge in [0.25, 0.3) is 5.91 Å². The number of amides is 3. The first-order valence-electron chi connectivity index (χ1n) is 7.96. The Balaban J connectivity index is 1.77. The molecule has 0 aliphatic carbocycles. The SMILES string of the molecule is CC(=O)Nc1ccc(OCC(=O)NCC(=O)Nc2ccc(F)c(F)c2F)cc1. The molecular weight excluding hydrogens is 379 g/mol. The molecule has 28 heavy (non-hydrogen) atoms. The number of carbonyl (C=O) groups excluding carboxylic acids is 3. The van der Waals surface area contributed by atoms with Crippen molar-refractivity contribution in [3.05, 3.63) is 53.8 Å². The molecule has 0 aromatic heterocycles. The average Bonchev–Trinajstić information content (AvgIpc) is 2.66. The second-order valence-electron chi connectivity index (χ2n) is 5.54. The number of benzene rings is 2. The predicted molar refractivity (Wildman–Crippen MR) is 94.2 cm³/mol. The van der Waals surface area contributed by atoms with E-state index in [0.29, 0.717) is 17.5 Å². The van der Waals surface area contributed by atoms with Crippen molar-refractivity contribution in [2.45, 2.75) is 6.92 Å². The molecule has 2 rings (SSSR count). The van der Waals surface area contributed by atoms with E-state index in [2.05, 4.69) is 10.6 Å². The molecule has 0 atom stereocenters. The second-order valence-corrected chi connectivity index (χ2v) is 5.54. The number of anilines is 2. The number of rotatable bonds is 7. The van der Waals surface area contributed by atoms with Crippen LogP contribution in [0.15, 0.2) is 36.4 Å². The molecule has 0 aliphatic heterocycles. The van der Waals surface area contributed by atoms with Crippen molar-refractivity contribution >= 4 is 29.1 Å². The van der Waals surface area contributed by atoms with Gasteiger partial charge in [-0.15, -0.1) is 0 Å². The third-order valence-corrected chi connectivity index (χ3v) is 3.30. The molecule has 3 amide bonds. The van der Waals surface area contributed by atoms with Crippen molar-refractivity contribution < 1.29 is 32.3 Å². The van der Waals surface area contributed by atoms with Gasteiger partial charge in [-0.3, -0.25) is 14.4 Å². The smallest absolute Gasteiger partial charge is 0.258 e. The summed E-state index contributed by atoms with van der Waals surface area (Å²) in [6, 6.07) is 7.77. The first-order valence-corrected chi connectivity index (χ1v) is 7.96. The molecule has 7 nitrogen and oxygen atoms in total. The summed E-state index contributed by atoms with van der Waals surface area (Å²) in [4.78, 5) is 34.3. The molecule has 0 aliphatic rings. The van der Waals surface area contributed by atoms with Crippen LogP contribution in [-0.2, 0) is 14.4 Å². The summed E-state index contributed by atoms with van der Waals surface area (Å²) >= 11 is 0. The van der Waals surface area contributed by atoms with Crippen molar-refractivity contribution in [1.82, 2.24) is 5.32 Å². The average molecular weight is 395 g/mol. The minimum atomic E-state index is -1.71. The fraction of sp³-hybridized carbons (Fsp3) is 0.167. The Morgan fingerprint density at radius 1 is 0.893 bits per heavy atom. The largest absolute Gasteiger partial charge is 0.484 e. The van der Waals surface area contributed by atoms with Crippen LogP contribution in [0.2, 0.25) is 0 Å². The van der Waals surface area contributed by atoms with Crippen molar-refractivity contribution in [3.63, 3.8) is 0 Å². The van der Waals surface area contributed by atoms with E-state index in [9.17, 15) is 27.6 Å². The molecule has 0 unspecified atom stereocenters. The van der Waals surface area contributed by atoms with E-state index in [1.807, 2.05) is 5.32 Å². The second kappa shape index (κ2) is 9.40. The number of carbonyl (C=O) groups is 3. The van der Waals surface area contributed by atoms with Crippen LogP contribution < -0.4 is 20.7 Å². The van der Waals surface area contributed by atoms with E-state index in [4.69, 9.17) is 4.74 Å². The summed E-state index contributed by atoms with van der Waals surface area (Å²) < 4.78 is 44.6. The molecule has 2 aromatic carbocycles. The fourth-order valence-electron chi connectivity index (χ4n) is 2.03. The van der Waals surface area contributed by atoms with Crippen molar-refractivity contribution in [2.75, 3.05) is 23.8 Å². The quantitative estimate of drug-likeness (QED) is 0.627. The normalized spacial score (nSPS) is 10.1. The number of hydrogen-bond acceptors (Lipinski definition) is 4. The Morgan fingerprint density at radius 2 is 1.57 bits per heavy atom. The van der Waals surface area contributed by atoms with Crippen LogP contribution in [0.4, 0.5) is 24.5 Å². The third kappa shape index (κ3) is 6.01. The highest BCUT2D eigenvalue weighted by molar-refractivity contribution is 5.94. The van der Waals surface area contributed by atoms with E-state index in [0.717, 1.165) is 6.07 Å². The zero-order chi connectivity index (χ0) is 20.7. The van der Waals surface area contributed by atoms with Crippen LogP contribution in [0.25, 0.3) is 0 Å². The number of halogens is 3. The lowest BCUT2D eigenvalue weighted by atomic mass is 10.2. The van der Waals surface area contributed by atoms with E-state index < -0.39 is 48.1 Å². The molecule has 0 heterocycles. The summed E-state index contributed by atoms with van der Waals surface area (Å²) in [5.74, 6) is -5.96. The molecule has 0 saturated heterocycles. The Labute approximate surface area is 157 Å². The maximum atomic E-state index is 13.5. The first-order chi connectivity index (χ1) is 13.3. The highest BCUT2D eigenvalue weighted by Crippen LogP contribution is 2.19. The summed E-state index contributed by atoms with van der Waals surface area (Å²) in [6.07, 6.45) is 0. The molecular formula is C18H16F3N3O4. The highest BCUT2D eigenvalue weighted by atomic mass is 19.2. The lowest BCUT2D eigenvalue weighted by molar-refractivity contribution is -0.125. The van der Waals surface area contributed by atoms with E-state index in [-0.39, 0.29) is 5.91 Å². The molecule has 0 radical (unpaired) electrons. The molecule has 0 saturated carbocycles. The predicted octanol–water partition coefficient (Wildman–Crippen LogP) is 2.20. The van der Waals surface area contributed by atoms with Gasteiger partial charge in [0.05, 0.1) is 12.2 Å². The van der Waals surface area contributed by atoms with Crippen LogP contribution >= 0.6 is 0 Å². The van der Waals surface area contributed by atoms with Gasteiger partial charge in [0.1, 0.15) is 5.75 Å². The van der Waals surface area contributed by atoms with Crippen LogP contribution in [-0.4, -0.2) is 30.9 Å². The van der Waals surface area contributed by atoms with Gasteiger partial charge in [0, 0.05) is 12.6 Å². The molecule has 0 bridgehead atoms. The van der Waals surface area contributed by atoms with Gasteiger partial charge in [-0.2, -0.15) is 0 Å². The van der Waals surface area contributed by atoms with Gasteiger partial charge in [0.15, 0.2) is 24.1 Å². The van der Waals surface area contributed by atoms with Crippen LogP contribution in [0.1, 0.15) is 6.92 Å². The molecule has 148 valence electrons. The van der Waals surface area contributed by atoms with Gasteiger partial charge in [-0.05, 0) is 36.4 Å². The van der Waals surface area contributed by atoms with Gasteiger partial charge in [-0.25, -0.2) is 13.2 Å². The maximum Gasteiger partial charge on any atom is 0.258 e. The van der Waals surface area contributed by atoms with Crippen molar-refractivity contribution in [3.8, 4) is 5.75 Å². The van der Waals surface area contributed by atoms with Crippen LogP contribution in [0.5, 0.6) is 5.75 Å². The molecule has 3 N–H and O–H groups in total. The third-order valence-electron chi connectivity index (χ3n) is 3.30. The lowest BCUT2D eigenvalue weighted by Crippen LogP contribution is -2.36. The Bertz CT molecular complexity index is 888. The molecule has 0 spiro atoms. The van der Waals surface area contributed by atoms with Gasteiger partial charge in [0.2, 0.25) is 11.8 Å². The molecule has 2 aromatic rings.